The van der Waals surface area contributed by atoms with E-state index in [0.717, 1.165) is 19.1 Å². The molecule has 0 spiro atoms. The minimum absolute atomic E-state index is 0.141. The van der Waals surface area contributed by atoms with Crippen molar-refractivity contribution in [2.24, 2.45) is 0 Å². The number of hydrogen-bond acceptors (Lipinski definition) is 2. The average molecular weight is 216 g/mol. The van der Waals surface area contributed by atoms with Crippen LogP contribution in [0.3, 0.4) is 0 Å². The highest BCUT2D eigenvalue weighted by atomic mass is 15.3. The first-order valence-electron chi connectivity index (χ1n) is 6.32. The van der Waals surface area contributed by atoms with Crippen molar-refractivity contribution >= 4 is 0 Å². The molecule has 1 saturated carbocycles. The topological polar surface area (TPSA) is 15.3 Å². The zero-order valence-electron chi connectivity index (χ0n) is 9.95. The van der Waals surface area contributed by atoms with Crippen LogP contribution in [0, 0.1) is 0 Å². The lowest BCUT2D eigenvalue weighted by atomic mass is 9.89. The summed E-state index contributed by atoms with van der Waals surface area (Å²) < 4.78 is 0. The fraction of sp³-hybridized carbons (Fsp3) is 0.571. The molecule has 86 valence electrons. The van der Waals surface area contributed by atoms with Crippen LogP contribution in [0.15, 0.2) is 30.3 Å². The summed E-state index contributed by atoms with van der Waals surface area (Å²) in [6, 6.07) is 11.7. The molecule has 2 nitrogen and oxygen atoms in total. The quantitative estimate of drug-likeness (QED) is 0.813. The van der Waals surface area contributed by atoms with Gasteiger partial charge in [0.2, 0.25) is 0 Å². The summed E-state index contributed by atoms with van der Waals surface area (Å²) in [5.74, 6) is 0. The third-order valence-electron chi connectivity index (χ3n) is 3.91. The van der Waals surface area contributed by atoms with E-state index >= 15 is 0 Å². The predicted octanol–water partition coefficient (Wildman–Crippen LogP) is 1.97. The standard InChI is InChI=1S/C14H20N2/c1-14(12-5-3-2-4-6-12)11-16(10-9-15-14)13-7-8-13/h2-6,13,15H,7-11H2,1H3. The molecular weight excluding hydrogens is 196 g/mol. The van der Waals surface area contributed by atoms with Crippen molar-refractivity contribution in [1.82, 2.24) is 10.2 Å². The Hall–Kier alpha value is -0.860. The lowest BCUT2D eigenvalue weighted by molar-refractivity contribution is 0.136. The SMILES string of the molecule is CC1(c2ccccc2)CN(C2CC2)CCN1. The number of benzene rings is 1. The second kappa shape index (κ2) is 3.86. The molecule has 0 bridgehead atoms. The van der Waals surface area contributed by atoms with Crippen molar-refractivity contribution < 1.29 is 0 Å². The molecule has 0 radical (unpaired) electrons. The Morgan fingerprint density at radius 1 is 1.25 bits per heavy atom. The number of nitrogens with one attached hydrogen (secondary N) is 1. The Bertz CT molecular complexity index is 358. The summed E-state index contributed by atoms with van der Waals surface area (Å²) >= 11 is 0. The van der Waals surface area contributed by atoms with Crippen LogP contribution in [0.1, 0.15) is 25.3 Å². The molecule has 1 unspecified atom stereocenters. The Kier molecular flexibility index (Phi) is 2.49. The smallest absolute Gasteiger partial charge is 0.0535 e. The van der Waals surface area contributed by atoms with Crippen LogP contribution in [0.2, 0.25) is 0 Å². The lowest BCUT2D eigenvalue weighted by Gasteiger charge is -2.42. The minimum atomic E-state index is 0.141. The fourth-order valence-electron chi connectivity index (χ4n) is 2.77. The molecule has 1 aromatic carbocycles. The number of nitrogens with zero attached hydrogens (tertiary/aromatic N) is 1. The monoisotopic (exact) mass is 216 g/mol. The van der Waals surface area contributed by atoms with Gasteiger partial charge in [0.15, 0.2) is 0 Å². The first kappa shape index (κ1) is 10.3. The number of rotatable bonds is 2. The normalized spacial score (nSPS) is 31.6. The molecule has 1 aliphatic heterocycles. The molecule has 0 aromatic heterocycles. The number of piperazine rings is 1. The zero-order valence-corrected chi connectivity index (χ0v) is 9.95. The van der Waals surface area contributed by atoms with Gasteiger partial charge in [-0.05, 0) is 25.3 Å². The molecule has 1 aliphatic carbocycles. The van der Waals surface area contributed by atoms with E-state index in [-0.39, 0.29) is 5.54 Å². The second-order valence-electron chi connectivity index (χ2n) is 5.33. The molecule has 2 fully saturated rings. The third kappa shape index (κ3) is 1.87. The first-order chi connectivity index (χ1) is 7.78. The van der Waals surface area contributed by atoms with Gasteiger partial charge >= 0.3 is 0 Å². The van der Waals surface area contributed by atoms with Crippen LogP contribution in [-0.4, -0.2) is 30.6 Å². The minimum Gasteiger partial charge on any atom is -0.305 e. The molecule has 1 atom stereocenters. The maximum absolute atomic E-state index is 3.68. The maximum atomic E-state index is 3.68. The maximum Gasteiger partial charge on any atom is 0.0535 e. The molecule has 2 heteroatoms. The predicted molar refractivity (Wildman–Crippen MR) is 66.4 cm³/mol. The van der Waals surface area contributed by atoms with E-state index in [1.807, 2.05) is 0 Å². The summed E-state index contributed by atoms with van der Waals surface area (Å²) in [7, 11) is 0. The molecule has 2 aliphatic rings. The highest BCUT2D eigenvalue weighted by Gasteiger charge is 2.38. The van der Waals surface area contributed by atoms with Crippen molar-refractivity contribution in [2.75, 3.05) is 19.6 Å². The molecule has 3 rings (SSSR count). The number of hydrogen-bond donors (Lipinski definition) is 1. The Balaban J connectivity index is 1.81. The van der Waals surface area contributed by atoms with Crippen LogP contribution >= 0.6 is 0 Å². The summed E-state index contributed by atoms with van der Waals surface area (Å²) in [4.78, 5) is 2.66. The van der Waals surface area contributed by atoms with Gasteiger partial charge in [0.05, 0.1) is 5.54 Å². The van der Waals surface area contributed by atoms with E-state index in [2.05, 4.69) is 47.5 Å². The summed E-state index contributed by atoms with van der Waals surface area (Å²) in [6.45, 7) is 5.81. The van der Waals surface area contributed by atoms with E-state index in [1.165, 1.54) is 24.9 Å². The van der Waals surface area contributed by atoms with Gasteiger partial charge in [-0.1, -0.05) is 30.3 Å². The van der Waals surface area contributed by atoms with Gasteiger partial charge in [0.25, 0.3) is 0 Å². The van der Waals surface area contributed by atoms with E-state index in [1.54, 1.807) is 0 Å². The van der Waals surface area contributed by atoms with Gasteiger partial charge < -0.3 is 5.32 Å². The van der Waals surface area contributed by atoms with E-state index in [0.29, 0.717) is 0 Å². The van der Waals surface area contributed by atoms with Gasteiger partial charge in [-0.2, -0.15) is 0 Å². The molecule has 1 heterocycles. The summed E-state index contributed by atoms with van der Waals surface area (Å²) in [6.07, 6.45) is 2.82. The molecule has 0 amide bonds. The molecule has 1 saturated heterocycles. The summed E-state index contributed by atoms with van der Waals surface area (Å²) in [5.41, 5.74) is 1.56. The van der Waals surface area contributed by atoms with Crippen LogP contribution in [0.25, 0.3) is 0 Å². The fourth-order valence-corrected chi connectivity index (χ4v) is 2.77. The third-order valence-corrected chi connectivity index (χ3v) is 3.91. The average Bonchev–Trinajstić information content (AvgIpc) is 3.14. The Labute approximate surface area is 97.6 Å². The van der Waals surface area contributed by atoms with Gasteiger partial charge in [0.1, 0.15) is 0 Å². The van der Waals surface area contributed by atoms with Crippen molar-refractivity contribution in [3.63, 3.8) is 0 Å². The zero-order chi connectivity index (χ0) is 11.0. The van der Waals surface area contributed by atoms with Crippen LogP contribution in [0.5, 0.6) is 0 Å². The molecular formula is C14H20N2. The van der Waals surface area contributed by atoms with Crippen LogP contribution in [0.4, 0.5) is 0 Å². The highest BCUT2D eigenvalue weighted by Crippen LogP contribution is 2.32. The van der Waals surface area contributed by atoms with Crippen molar-refractivity contribution in [3.8, 4) is 0 Å². The van der Waals surface area contributed by atoms with Crippen LogP contribution in [-0.2, 0) is 5.54 Å². The van der Waals surface area contributed by atoms with E-state index in [9.17, 15) is 0 Å². The van der Waals surface area contributed by atoms with Gasteiger partial charge in [-0.3, -0.25) is 4.90 Å². The second-order valence-corrected chi connectivity index (χ2v) is 5.33. The van der Waals surface area contributed by atoms with Crippen LogP contribution < -0.4 is 5.32 Å². The molecule has 1 N–H and O–H groups in total. The van der Waals surface area contributed by atoms with Crippen molar-refractivity contribution in [2.45, 2.75) is 31.3 Å². The molecule has 1 aromatic rings. The van der Waals surface area contributed by atoms with Crippen molar-refractivity contribution in [3.05, 3.63) is 35.9 Å². The van der Waals surface area contributed by atoms with Crippen molar-refractivity contribution in [1.29, 1.82) is 0 Å². The van der Waals surface area contributed by atoms with Gasteiger partial charge in [0, 0.05) is 25.7 Å². The van der Waals surface area contributed by atoms with E-state index in [4.69, 9.17) is 0 Å². The highest BCUT2D eigenvalue weighted by molar-refractivity contribution is 5.25. The molecule has 16 heavy (non-hydrogen) atoms. The van der Waals surface area contributed by atoms with Gasteiger partial charge in [-0.25, -0.2) is 0 Å². The van der Waals surface area contributed by atoms with Gasteiger partial charge in [-0.15, -0.1) is 0 Å². The largest absolute Gasteiger partial charge is 0.305 e. The van der Waals surface area contributed by atoms with E-state index < -0.39 is 0 Å². The first-order valence-corrected chi connectivity index (χ1v) is 6.32. The Morgan fingerprint density at radius 2 is 2.00 bits per heavy atom. The summed E-state index contributed by atoms with van der Waals surface area (Å²) in [5, 5.41) is 3.68. The Morgan fingerprint density at radius 3 is 2.69 bits per heavy atom. The lowest BCUT2D eigenvalue weighted by Crippen LogP contribution is -2.57.